The Bertz CT molecular complexity index is 599. The number of hydrogen-bond acceptors (Lipinski definition) is 5. The maximum Gasteiger partial charge on any atom is 0.191 e. The molecule has 1 aliphatic rings. The van der Waals surface area contributed by atoms with Crippen LogP contribution in [0.1, 0.15) is 32.4 Å². The molecule has 0 aromatic carbocycles. The van der Waals surface area contributed by atoms with Crippen molar-refractivity contribution in [1.29, 1.82) is 0 Å². The smallest absolute Gasteiger partial charge is 0.191 e. The number of nitrogens with zero attached hydrogens (tertiary/aromatic N) is 5. The maximum absolute atomic E-state index is 5.95. The first-order chi connectivity index (χ1) is 13.4. The van der Waals surface area contributed by atoms with Gasteiger partial charge in [0.15, 0.2) is 5.96 Å². The molecule has 1 fully saturated rings. The molecule has 8 heteroatoms. The van der Waals surface area contributed by atoms with Crippen LogP contribution in [-0.4, -0.2) is 91.6 Å². The van der Waals surface area contributed by atoms with Crippen LogP contribution in [-0.2, 0) is 11.8 Å². The predicted molar refractivity (Wildman–Crippen MR) is 115 cm³/mol. The number of rotatable bonds is 9. The lowest BCUT2D eigenvalue weighted by molar-refractivity contribution is -0.0284. The van der Waals surface area contributed by atoms with E-state index >= 15 is 0 Å². The lowest BCUT2D eigenvalue weighted by atomic mass is 10.1. The number of hydrogen-bond donors (Lipinski definition) is 2. The van der Waals surface area contributed by atoms with E-state index in [-0.39, 0.29) is 12.1 Å². The molecule has 0 bridgehead atoms. The van der Waals surface area contributed by atoms with Gasteiger partial charge in [-0.2, -0.15) is 5.10 Å². The maximum atomic E-state index is 5.95. The summed E-state index contributed by atoms with van der Waals surface area (Å²) in [5.74, 6) is 1.52. The average Bonchev–Trinajstić information content (AvgIpc) is 3.05. The number of aliphatic imine (C=N–C) groups is 1. The van der Waals surface area contributed by atoms with Crippen LogP contribution < -0.4 is 10.6 Å². The number of aromatic nitrogens is 2. The Kier molecular flexibility index (Phi) is 9.21. The molecule has 2 rings (SSSR count). The van der Waals surface area contributed by atoms with Crippen molar-refractivity contribution in [3.8, 4) is 0 Å². The Hall–Kier alpha value is -1.64. The highest BCUT2D eigenvalue weighted by molar-refractivity contribution is 5.79. The first kappa shape index (κ1) is 22.6. The van der Waals surface area contributed by atoms with Gasteiger partial charge in [0.1, 0.15) is 0 Å². The van der Waals surface area contributed by atoms with E-state index in [1.807, 2.05) is 17.9 Å². The van der Waals surface area contributed by atoms with Crippen molar-refractivity contribution < 1.29 is 4.74 Å². The molecule has 0 aliphatic carbocycles. The van der Waals surface area contributed by atoms with Gasteiger partial charge in [-0.05, 0) is 26.9 Å². The third-order valence-electron chi connectivity index (χ3n) is 4.84. The molecule has 2 N–H and O–H groups in total. The molecule has 1 aromatic rings. The molecule has 8 nitrogen and oxygen atoms in total. The molecule has 0 saturated carbocycles. The highest BCUT2D eigenvalue weighted by Gasteiger charge is 2.21. The minimum Gasteiger partial charge on any atom is -0.374 e. The molecule has 28 heavy (non-hydrogen) atoms. The van der Waals surface area contributed by atoms with Crippen molar-refractivity contribution >= 4 is 5.96 Å². The van der Waals surface area contributed by atoms with Gasteiger partial charge in [-0.3, -0.25) is 14.6 Å². The number of aryl methyl sites for hydroxylation is 1. The summed E-state index contributed by atoms with van der Waals surface area (Å²) in [5, 5.41) is 11.1. The lowest BCUT2D eigenvalue weighted by Gasteiger charge is -2.34. The molecular formula is C20H39N7O. The van der Waals surface area contributed by atoms with Gasteiger partial charge < -0.3 is 20.3 Å². The van der Waals surface area contributed by atoms with E-state index in [2.05, 4.69) is 66.6 Å². The van der Waals surface area contributed by atoms with Crippen molar-refractivity contribution in [2.45, 2.75) is 32.9 Å². The van der Waals surface area contributed by atoms with Crippen LogP contribution in [0.15, 0.2) is 17.4 Å². The summed E-state index contributed by atoms with van der Waals surface area (Å²) in [6.07, 6.45) is 4.17. The van der Waals surface area contributed by atoms with E-state index in [9.17, 15) is 0 Å². The minimum atomic E-state index is 0.191. The minimum absolute atomic E-state index is 0.191. The fourth-order valence-electron chi connectivity index (χ4n) is 3.50. The highest BCUT2D eigenvalue weighted by Crippen LogP contribution is 2.17. The van der Waals surface area contributed by atoms with Crippen LogP contribution in [0, 0.1) is 5.92 Å². The zero-order chi connectivity index (χ0) is 20.5. The summed E-state index contributed by atoms with van der Waals surface area (Å²) in [6, 6.07) is 0.191. The van der Waals surface area contributed by atoms with E-state index in [1.165, 1.54) is 5.56 Å². The molecule has 0 amide bonds. The summed E-state index contributed by atoms with van der Waals surface area (Å²) in [4.78, 5) is 9.49. The van der Waals surface area contributed by atoms with Crippen molar-refractivity contribution in [1.82, 2.24) is 30.2 Å². The van der Waals surface area contributed by atoms with E-state index in [1.54, 1.807) is 0 Å². The quantitative estimate of drug-likeness (QED) is 0.481. The van der Waals surface area contributed by atoms with Crippen LogP contribution in [0.25, 0.3) is 0 Å². The fraction of sp³-hybridized carbons (Fsp3) is 0.800. The molecule has 0 radical (unpaired) electrons. The molecule has 2 heterocycles. The largest absolute Gasteiger partial charge is 0.374 e. The Morgan fingerprint density at radius 3 is 2.79 bits per heavy atom. The molecule has 2 unspecified atom stereocenters. The van der Waals surface area contributed by atoms with Crippen molar-refractivity contribution in [3.05, 3.63) is 18.0 Å². The van der Waals surface area contributed by atoms with Crippen LogP contribution in [0.3, 0.4) is 0 Å². The van der Waals surface area contributed by atoms with Crippen molar-refractivity contribution in [3.63, 3.8) is 0 Å². The lowest BCUT2D eigenvalue weighted by Crippen LogP contribution is -2.50. The monoisotopic (exact) mass is 393 g/mol. The van der Waals surface area contributed by atoms with Gasteiger partial charge in [0.25, 0.3) is 0 Å². The molecular weight excluding hydrogens is 354 g/mol. The highest BCUT2D eigenvalue weighted by atomic mass is 16.5. The Labute approximate surface area is 170 Å². The van der Waals surface area contributed by atoms with Crippen LogP contribution >= 0.6 is 0 Å². The zero-order valence-electron chi connectivity index (χ0n) is 18.5. The van der Waals surface area contributed by atoms with E-state index < -0.39 is 0 Å². The van der Waals surface area contributed by atoms with Crippen LogP contribution in [0.4, 0.5) is 0 Å². The standard InChI is InChI=1S/C20H39N7O/c1-7-21-20(22-11-18-15-27(8-9-28-18)13-16(2)3)23-12-19(25(4)5)17-10-24-26(6)14-17/h10,14,16,18-19H,7-9,11-13,15H2,1-6H3,(H2,21,22,23). The van der Waals surface area contributed by atoms with Crippen molar-refractivity contribution in [2.24, 2.45) is 18.0 Å². The normalized spacial score (nSPS) is 20.0. The summed E-state index contributed by atoms with van der Waals surface area (Å²) in [7, 11) is 6.09. The molecule has 1 saturated heterocycles. The molecule has 1 aliphatic heterocycles. The Balaban J connectivity index is 1.92. The van der Waals surface area contributed by atoms with Gasteiger partial charge in [0.2, 0.25) is 0 Å². The second kappa shape index (κ2) is 11.4. The van der Waals surface area contributed by atoms with E-state index in [0.29, 0.717) is 12.5 Å². The van der Waals surface area contributed by atoms with Crippen LogP contribution in [0.5, 0.6) is 0 Å². The van der Waals surface area contributed by atoms with E-state index in [0.717, 1.165) is 45.3 Å². The number of ether oxygens (including phenoxy) is 1. The first-order valence-corrected chi connectivity index (χ1v) is 10.4. The Morgan fingerprint density at radius 1 is 1.39 bits per heavy atom. The summed E-state index contributed by atoms with van der Waals surface area (Å²) >= 11 is 0. The number of likely N-dealkylation sites (N-methyl/N-ethyl adjacent to an activating group) is 1. The van der Waals surface area contributed by atoms with Crippen LogP contribution in [0.2, 0.25) is 0 Å². The first-order valence-electron chi connectivity index (χ1n) is 10.4. The molecule has 2 atom stereocenters. The third kappa shape index (κ3) is 7.41. The van der Waals surface area contributed by atoms with Gasteiger partial charge in [0.05, 0.1) is 31.5 Å². The van der Waals surface area contributed by atoms with Gasteiger partial charge in [0, 0.05) is 51.5 Å². The molecule has 160 valence electrons. The second-order valence-corrected chi connectivity index (χ2v) is 8.17. The molecule has 0 spiro atoms. The predicted octanol–water partition coefficient (Wildman–Crippen LogP) is 0.935. The van der Waals surface area contributed by atoms with Gasteiger partial charge in [-0.25, -0.2) is 0 Å². The second-order valence-electron chi connectivity index (χ2n) is 8.17. The fourth-order valence-corrected chi connectivity index (χ4v) is 3.50. The van der Waals surface area contributed by atoms with Gasteiger partial charge in [-0.15, -0.1) is 0 Å². The van der Waals surface area contributed by atoms with Gasteiger partial charge >= 0.3 is 0 Å². The third-order valence-corrected chi connectivity index (χ3v) is 4.84. The Morgan fingerprint density at radius 2 is 2.18 bits per heavy atom. The zero-order valence-corrected chi connectivity index (χ0v) is 18.5. The average molecular weight is 394 g/mol. The summed E-state index contributed by atoms with van der Waals surface area (Å²) in [6.45, 7) is 12.8. The van der Waals surface area contributed by atoms with Gasteiger partial charge in [-0.1, -0.05) is 13.8 Å². The summed E-state index contributed by atoms with van der Waals surface area (Å²) in [5.41, 5.74) is 1.17. The summed E-state index contributed by atoms with van der Waals surface area (Å²) < 4.78 is 7.78. The number of morpholine rings is 1. The molecule has 1 aromatic heterocycles. The van der Waals surface area contributed by atoms with E-state index in [4.69, 9.17) is 9.73 Å². The number of nitrogens with one attached hydrogen (secondary N) is 2. The number of guanidine groups is 1. The topological polar surface area (TPSA) is 70.0 Å². The SMILES string of the molecule is CCNC(=NCC(c1cnn(C)c1)N(C)C)NCC1CN(CC(C)C)CCO1. The van der Waals surface area contributed by atoms with Crippen molar-refractivity contribution in [2.75, 3.05) is 60.0 Å².